The van der Waals surface area contributed by atoms with Crippen molar-refractivity contribution in [3.63, 3.8) is 0 Å². The number of esters is 1. The number of phenolic OH excluding ortho intramolecular Hbond substituents is 1. The molecule has 0 radical (unpaired) electrons. The Morgan fingerprint density at radius 3 is 2.48 bits per heavy atom. The number of hydrogen-bond acceptors (Lipinski definition) is 6. The van der Waals surface area contributed by atoms with Gasteiger partial charge in [0.15, 0.2) is 9.84 Å². The number of phenols is 1. The molecule has 0 unspecified atom stereocenters. The Hall–Kier alpha value is -2.71. The summed E-state index contributed by atoms with van der Waals surface area (Å²) in [6.45, 7) is 7.90. The van der Waals surface area contributed by atoms with Crippen molar-refractivity contribution in [2.24, 2.45) is 0 Å². The van der Waals surface area contributed by atoms with Crippen LogP contribution < -0.4 is 0 Å². The number of ether oxygens (including phenoxy) is 1. The molecule has 0 fully saturated rings. The zero-order valence-electron chi connectivity index (χ0n) is 18.2. The van der Waals surface area contributed by atoms with Gasteiger partial charge in [-0.25, -0.2) is 17.6 Å². The molecule has 0 aromatic heterocycles. The van der Waals surface area contributed by atoms with E-state index < -0.39 is 27.4 Å². The first-order valence-corrected chi connectivity index (χ1v) is 11.6. The SMILES string of the molecule is CCN(CC)CC=Cc1cc(F)ccc1S(=O)(=O)Cc1ccc(C)c(O)c1C(=O)OC. The van der Waals surface area contributed by atoms with Crippen LogP contribution >= 0.6 is 0 Å². The number of aryl methyl sites for hydroxylation is 1. The number of methoxy groups -OCH3 is 1. The summed E-state index contributed by atoms with van der Waals surface area (Å²) in [5.41, 5.74) is 0.565. The standard InChI is InChI=1S/C23H28FNO5S/c1-5-25(6-2)13-7-8-17-14-19(24)11-12-20(17)31(28,29)15-18-10-9-16(3)22(26)21(18)23(27)30-4/h7-12,14,26H,5-6,13,15H2,1-4H3. The third-order valence-corrected chi connectivity index (χ3v) is 6.80. The fourth-order valence-corrected chi connectivity index (χ4v) is 4.78. The number of halogens is 1. The molecule has 0 atom stereocenters. The maximum Gasteiger partial charge on any atom is 0.341 e. The highest BCUT2D eigenvalue weighted by Crippen LogP contribution is 2.30. The van der Waals surface area contributed by atoms with Crippen LogP contribution in [0.5, 0.6) is 5.75 Å². The van der Waals surface area contributed by atoms with E-state index in [0.29, 0.717) is 12.1 Å². The van der Waals surface area contributed by atoms with Crippen LogP contribution in [-0.4, -0.2) is 51.1 Å². The van der Waals surface area contributed by atoms with E-state index in [0.717, 1.165) is 26.3 Å². The van der Waals surface area contributed by atoms with Crippen LogP contribution in [-0.2, 0) is 20.3 Å². The van der Waals surface area contributed by atoms with Crippen molar-refractivity contribution in [1.82, 2.24) is 4.90 Å². The molecule has 1 N–H and O–H groups in total. The lowest BCUT2D eigenvalue weighted by molar-refractivity contribution is 0.0596. The maximum absolute atomic E-state index is 13.9. The molecule has 0 amide bonds. The van der Waals surface area contributed by atoms with Crippen LogP contribution in [0.2, 0.25) is 0 Å². The Kier molecular flexibility index (Phi) is 8.36. The van der Waals surface area contributed by atoms with Gasteiger partial charge in [0.2, 0.25) is 0 Å². The zero-order valence-corrected chi connectivity index (χ0v) is 19.0. The van der Waals surface area contributed by atoms with Crippen molar-refractivity contribution in [3.8, 4) is 5.75 Å². The molecule has 0 bridgehead atoms. The van der Waals surface area contributed by atoms with Crippen LogP contribution in [0.3, 0.4) is 0 Å². The van der Waals surface area contributed by atoms with E-state index in [-0.39, 0.29) is 27.3 Å². The Labute approximate surface area is 182 Å². The van der Waals surface area contributed by atoms with E-state index >= 15 is 0 Å². The van der Waals surface area contributed by atoms with E-state index in [1.165, 1.54) is 24.3 Å². The largest absolute Gasteiger partial charge is 0.507 e. The van der Waals surface area contributed by atoms with Crippen LogP contribution in [0.1, 0.15) is 40.9 Å². The van der Waals surface area contributed by atoms with Gasteiger partial charge in [-0.1, -0.05) is 38.1 Å². The lowest BCUT2D eigenvalue weighted by atomic mass is 10.0. The Bertz CT molecular complexity index is 1080. The molecule has 0 saturated carbocycles. The molecule has 31 heavy (non-hydrogen) atoms. The maximum atomic E-state index is 13.9. The van der Waals surface area contributed by atoms with E-state index in [9.17, 15) is 22.7 Å². The van der Waals surface area contributed by atoms with Crippen molar-refractivity contribution in [3.05, 3.63) is 64.5 Å². The number of rotatable bonds is 9. The third kappa shape index (κ3) is 5.92. The first kappa shape index (κ1) is 24.6. The Morgan fingerprint density at radius 2 is 1.87 bits per heavy atom. The van der Waals surface area contributed by atoms with Crippen molar-refractivity contribution >= 4 is 21.9 Å². The summed E-state index contributed by atoms with van der Waals surface area (Å²) in [7, 11) is -2.81. The normalized spacial score (nSPS) is 11.9. The molecule has 2 aromatic rings. The first-order valence-electron chi connectivity index (χ1n) is 9.95. The second-order valence-corrected chi connectivity index (χ2v) is 9.04. The van der Waals surface area contributed by atoms with Gasteiger partial charge in [-0.15, -0.1) is 0 Å². The summed E-state index contributed by atoms with van der Waals surface area (Å²) in [5, 5.41) is 10.3. The van der Waals surface area contributed by atoms with Gasteiger partial charge >= 0.3 is 5.97 Å². The highest BCUT2D eigenvalue weighted by atomic mass is 32.2. The molecular formula is C23H28FNO5S. The van der Waals surface area contributed by atoms with Gasteiger partial charge in [0.1, 0.15) is 17.1 Å². The molecule has 2 rings (SSSR count). The minimum Gasteiger partial charge on any atom is -0.507 e. The summed E-state index contributed by atoms with van der Waals surface area (Å²) in [6, 6.07) is 6.47. The zero-order chi connectivity index (χ0) is 23.2. The smallest absolute Gasteiger partial charge is 0.341 e. The van der Waals surface area contributed by atoms with Crippen LogP contribution in [0, 0.1) is 12.7 Å². The molecule has 168 valence electrons. The monoisotopic (exact) mass is 449 g/mol. The molecule has 0 heterocycles. The van der Waals surface area contributed by atoms with Crippen LogP contribution in [0.25, 0.3) is 6.08 Å². The van der Waals surface area contributed by atoms with Crippen LogP contribution in [0.15, 0.2) is 41.3 Å². The number of nitrogens with zero attached hydrogens (tertiary/aromatic N) is 1. The minimum atomic E-state index is -3.97. The second kappa shape index (κ2) is 10.5. The summed E-state index contributed by atoms with van der Waals surface area (Å²) in [4.78, 5) is 14.2. The average Bonchev–Trinajstić information content (AvgIpc) is 2.73. The number of aromatic hydroxyl groups is 1. The Balaban J connectivity index is 2.47. The Morgan fingerprint density at radius 1 is 1.19 bits per heavy atom. The van der Waals surface area contributed by atoms with Crippen LogP contribution in [0.4, 0.5) is 4.39 Å². The van der Waals surface area contributed by atoms with E-state index in [4.69, 9.17) is 4.74 Å². The molecule has 0 aliphatic carbocycles. The van der Waals surface area contributed by atoms with Gasteiger partial charge < -0.3 is 14.7 Å². The molecule has 8 heteroatoms. The fraction of sp³-hybridized carbons (Fsp3) is 0.348. The van der Waals surface area contributed by atoms with Gasteiger partial charge in [-0.2, -0.15) is 0 Å². The van der Waals surface area contributed by atoms with E-state index in [1.54, 1.807) is 19.1 Å². The summed E-state index contributed by atoms with van der Waals surface area (Å²) < 4.78 is 45.0. The second-order valence-electron chi connectivity index (χ2n) is 7.09. The predicted molar refractivity (Wildman–Crippen MR) is 118 cm³/mol. The van der Waals surface area contributed by atoms with Gasteiger partial charge in [0.25, 0.3) is 0 Å². The molecule has 0 saturated heterocycles. The van der Waals surface area contributed by atoms with Gasteiger partial charge in [-0.05, 0) is 54.9 Å². The molecular weight excluding hydrogens is 421 g/mol. The quantitative estimate of drug-likeness (QED) is 0.461. The molecule has 2 aromatic carbocycles. The summed E-state index contributed by atoms with van der Waals surface area (Å²) >= 11 is 0. The lowest BCUT2D eigenvalue weighted by Crippen LogP contribution is -2.22. The fourth-order valence-electron chi connectivity index (χ4n) is 3.21. The topological polar surface area (TPSA) is 83.9 Å². The summed E-state index contributed by atoms with van der Waals surface area (Å²) in [6.07, 6.45) is 3.38. The van der Waals surface area contributed by atoms with Crippen molar-refractivity contribution in [2.75, 3.05) is 26.7 Å². The molecule has 6 nitrogen and oxygen atoms in total. The number of carbonyl (C=O) groups is 1. The molecule has 0 spiro atoms. The van der Waals surface area contributed by atoms with E-state index in [2.05, 4.69) is 4.90 Å². The third-order valence-electron chi connectivity index (χ3n) is 5.06. The lowest BCUT2D eigenvalue weighted by Gasteiger charge is -2.15. The summed E-state index contributed by atoms with van der Waals surface area (Å²) in [5.74, 6) is -2.25. The minimum absolute atomic E-state index is 0.0550. The van der Waals surface area contributed by atoms with Crippen molar-refractivity contribution in [1.29, 1.82) is 0 Å². The molecule has 0 aliphatic heterocycles. The number of likely N-dealkylation sites (N-methyl/N-ethyl adjacent to an activating group) is 1. The van der Waals surface area contributed by atoms with Gasteiger partial charge in [0.05, 0.1) is 17.8 Å². The number of benzene rings is 2. The van der Waals surface area contributed by atoms with Gasteiger partial charge in [-0.3, -0.25) is 0 Å². The average molecular weight is 450 g/mol. The van der Waals surface area contributed by atoms with E-state index in [1.807, 2.05) is 13.8 Å². The number of hydrogen-bond donors (Lipinski definition) is 1. The number of carbonyl (C=O) groups excluding carboxylic acids is 1. The highest BCUT2D eigenvalue weighted by molar-refractivity contribution is 7.90. The highest BCUT2D eigenvalue weighted by Gasteiger charge is 2.25. The van der Waals surface area contributed by atoms with Crippen molar-refractivity contribution < 1.29 is 27.4 Å². The first-order chi connectivity index (χ1) is 14.6. The predicted octanol–water partition coefficient (Wildman–Crippen LogP) is 3.96. The number of sulfone groups is 1. The molecule has 0 aliphatic rings. The van der Waals surface area contributed by atoms with Gasteiger partial charge in [0, 0.05) is 6.54 Å². The van der Waals surface area contributed by atoms with Crippen molar-refractivity contribution in [2.45, 2.75) is 31.4 Å².